The second-order valence-corrected chi connectivity index (χ2v) is 4.85. The van der Waals surface area contributed by atoms with E-state index in [1.165, 1.54) is 31.7 Å². The average molecular weight is 254 g/mol. The van der Waals surface area contributed by atoms with Crippen molar-refractivity contribution < 1.29 is 4.39 Å². The lowest BCUT2D eigenvalue weighted by Gasteiger charge is -2.10. The van der Waals surface area contributed by atoms with Crippen LogP contribution in [0.2, 0.25) is 5.02 Å². The predicted molar refractivity (Wildman–Crippen MR) is 70.7 cm³/mol. The van der Waals surface area contributed by atoms with E-state index in [0.29, 0.717) is 6.04 Å². The number of rotatable bonds is 2. The van der Waals surface area contributed by atoms with E-state index in [9.17, 15) is 4.39 Å². The second kappa shape index (κ2) is 6.18. The summed E-state index contributed by atoms with van der Waals surface area (Å²) in [5.74, 6) is -0.364. The molecule has 0 aliphatic carbocycles. The summed E-state index contributed by atoms with van der Waals surface area (Å²) in [5, 5.41) is 3.67. The van der Waals surface area contributed by atoms with Crippen LogP contribution in [0.1, 0.15) is 31.2 Å². The Morgan fingerprint density at radius 3 is 3.00 bits per heavy atom. The zero-order valence-electron chi connectivity index (χ0n) is 9.76. The molecule has 92 valence electrons. The van der Waals surface area contributed by atoms with Gasteiger partial charge in [-0.1, -0.05) is 42.7 Å². The molecule has 0 amide bonds. The molecule has 2 rings (SSSR count). The van der Waals surface area contributed by atoms with Gasteiger partial charge in [-0.05, 0) is 37.1 Å². The van der Waals surface area contributed by atoms with Crippen molar-refractivity contribution >= 4 is 17.7 Å². The summed E-state index contributed by atoms with van der Waals surface area (Å²) in [6, 6.07) is 5.24. The summed E-state index contributed by atoms with van der Waals surface area (Å²) in [6.07, 6.45) is 9.16. The van der Waals surface area contributed by atoms with Crippen LogP contribution in [-0.4, -0.2) is 12.6 Å². The van der Waals surface area contributed by atoms with Crippen molar-refractivity contribution in [3.63, 3.8) is 0 Å². The minimum Gasteiger partial charge on any atom is -0.311 e. The van der Waals surface area contributed by atoms with Crippen molar-refractivity contribution in [2.45, 2.75) is 31.7 Å². The molecule has 3 heteroatoms. The smallest absolute Gasteiger partial charge is 0.141 e. The van der Waals surface area contributed by atoms with Gasteiger partial charge in [0.2, 0.25) is 0 Å². The molecule has 1 heterocycles. The monoisotopic (exact) mass is 253 g/mol. The molecular formula is C14H17ClFN. The third-order valence-electron chi connectivity index (χ3n) is 3.06. The summed E-state index contributed by atoms with van der Waals surface area (Å²) < 4.78 is 13.0. The molecule has 1 nitrogen and oxygen atoms in total. The molecule has 1 aliphatic rings. The van der Waals surface area contributed by atoms with E-state index >= 15 is 0 Å². The molecule has 0 radical (unpaired) electrons. The Hall–Kier alpha value is -0.860. The largest absolute Gasteiger partial charge is 0.311 e. The topological polar surface area (TPSA) is 12.0 Å². The van der Waals surface area contributed by atoms with E-state index in [1.807, 2.05) is 6.08 Å². The Labute approximate surface area is 107 Å². The van der Waals surface area contributed by atoms with Crippen molar-refractivity contribution in [1.82, 2.24) is 5.32 Å². The third kappa shape index (κ3) is 3.83. The number of hydrogen-bond acceptors (Lipinski definition) is 1. The average Bonchev–Trinajstić information content (AvgIpc) is 2.59. The molecular weight excluding hydrogens is 237 g/mol. The predicted octanol–water partition coefficient (Wildman–Crippen LogP) is 4.02. The Morgan fingerprint density at radius 2 is 2.18 bits per heavy atom. The van der Waals surface area contributed by atoms with E-state index in [0.717, 1.165) is 12.1 Å². The van der Waals surface area contributed by atoms with Gasteiger partial charge in [0.05, 0.1) is 5.02 Å². The minimum absolute atomic E-state index is 0.181. The van der Waals surface area contributed by atoms with E-state index < -0.39 is 0 Å². The fraction of sp³-hybridized carbons (Fsp3) is 0.429. The summed E-state index contributed by atoms with van der Waals surface area (Å²) in [6.45, 7) is 1.08. The first-order valence-corrected chi connectivity index (χ1v) is 6.50. The van der Waals surface area contributed by atoms with Crippen LogP contribution < -0.4 is 5.32 Å². The molecule has 1 unspecified atom stereocenters. The van der Waals surface area contributed by atoms with E-state index in [2.05, 4.69) is 11.4 Å². The van der Waals surface area contributed by atoms with Crippen LogP contribution in [0.15, 0.2) is 24.3 Å². The van der Waals surface area contributed by atoms with Gasteiger partial charge in [-0.3, -0.25) is 0 Å². The highest BCUT2D eigenvalue weighted by Crippen LogP contribution is 2.17. The third-order valence-corrected chi connectivity index (χ3v) is 3.35. The second-order valence-electron chi connectivity index (χ2n) is 4.44. The lowest BCUT2D eigenvalue weighted by molar-refractivity contribution is 0.599. The van der Waals surface area contributed by atoms with Crippen LogP contribution in [0, 0.1) is 5.82 Å². The minimum atomic E-state index is -0.364. The normalized spacial score (nSPS) is 21.6. The molecule has 1 atom stereocenters. The number of benzene rings is 1. The quantitative estimate of drug-likeness (QED) is 0.839. The fourth-order valence-electron chi connectivity index (χ4n) is 2.06. The van der Waals surface area contributed by atoms with Gasteiger partial charge in [-0.15, -0.1) is 0 Å². The molecule has 1 aromatic rings. The van der Waals surface area contributed by atoms with Crippen molar-refractivity contribution in [3.05, 3.63) is 40.7 Å². The summed E-state index contributed by atoms with van der Waals surface area (Å²) >= 11 is 5.74. The first-order valence-electron chi connectivity index (χ1n) is 6.12. The SMILES string of the molecule is Fc1ccc(/C=C/C2CCCCCN2)cc1Cl. The molecule has 0 aromatic heterocycles. The van der Waals surface area contributed by atoms with Crippen molar-refractivity contribution in [1.29, 1.82) is 0 Å². The number of nitrogens with one attached hydrogen (secondary N) is 1. The Bertz CT molecular complexity index is 395. The Balaban J connectivity index is 2.00. The van der Waals surface area contributed by atoms with Crippen LogP contribution in [0.25, 0.3) is 6.08 Å². The van der Waals surface area contributed by atoms with Crippen molar-refractivity contribution in [3.8, 4) is 0 Å². The van der Waals surface area contributed by atoms with E-state index in [1.54, 1.807) is 12.1 Å². The van der Waals surface area contributed by atoms with E-state index in [4.69, 9.17) is 11.6 Å². The Morgan fingerprint density at radius 1 is 1.29 bits per heavy atom. The zero-order chi connectivity index (χ0) is 12.1. The molecule has 1 saturated heterocycles. The van der Waals surface area contributed by atoms with Crippen LogP contribution >= 0.6 is 11.6 Å². The summed E-state index contributed by atoms with van der Waals surface area (Å²) in [4.78, 5) is 0. The van der Waals surface area contributed by atoms with Gasteiger partial charge >= 0.3 is 0 Å². The standard InChI is InChI=1S/C14H17ClFN/c15-13-10-11(6-8-14(13)16)5-7-12-4-2-1-3-9-17-12/h5-8,10,12,17H,1-4,9H2/b7-5+. The van der Waals surface area contributed by atoms with Crippen LogP contribution in [0.3, 0.4) is 0 Å². The molecule has 1 fully saturated rings. The molecule has 1 aromatic carbocycles. The van der Waals surface area contributed by atoms with Gasteiger partial charge in [-0.25, -0.2) is 4.39 Å². The number of hydrogen-bond donors (Lipinski definition) is 1. The van der Waals surface area contributed by atoms with Crippen LogP contribution in [0.4, 0.5) is 4.39 Å². The highest BCUT2D eigenvalue weighted by atomic mass is 35.5. The van der Waals surface area contributed by atoms with Gasteiger partial charge in [0.15, 0.2) is 0 Å². The van der Waals surface area contributed by atoms with Crippen molar-refractivity contribution in [2.24, 2.45) is 0 Å². The molecule has 17 heavy (non-hydrogen) atoms. The highest BCUT2D eigenvalue weighted by Gasteiger charge is 2.07. The maximum absolute atomic E-state index is 13.0. The molecule has 1 aliphatic heterocycles. The fourth-order valence-corrected chi connectivity index (χ4v) is 2.25. The van der Waals surface area contributed by atoms with Crippen molar-refractivity contribution in [2.75, 3.05) is 6.54 Å². The maximum atomic E-state index is 13.0. The van der Waals surface area contributed by atoms with Gasteiger partial charge < -0.3 is 5.32 Å². The first-order chi connectivity index (χ1) is 8.25. The first kappa shape index (κ1) is 12.6. The lowest BCUT2D eigenvalue weighted by atomic mass is 10.1. The van der Waals surface area contributed by atoms with Gasteiger partial charge in [0.25, 0.3) is 0 Å². The Kier molecular flexibility index (Phi) is 4.57. The zero-order valence-corrected chi connectivity index (χ0v) is 10.5. The molecule has 1 N–H and O–H groups in total. The van der Waals surface area contributed by atoms with Gasteiger partial charge in [0.1, 0.15) is 5.82 Å². The van der Waals surface area contributed by atoms with E-state index in [-0.39, 0.29) is 10.8 Å². The molecule has 0 bridgehead atoms. The van der Waals surface area contributed by atoms with Gasteiger partial charge in [-0.2, -0.15) is 0 Å². The maximum Gasteiger partial charge on any atom is 0.141 e. The highest BCUT2D eigenvalue weighted by molar-refractivity contribution is 6.30. The van der Waals surface area contributed by atoms with Gasteiger partial charge in [0, 0.05) is 6.04 Å². The van der Waals surface area contributed by atoms with Crippen LogP contribution in [0.5, 0.6) is 0 Å². The molecule has 0 spiro atoms. The number of halogens is 2. The van der Waals surface area contributed by atoms with Crippen LogP contribution in [-0.2, 0) is 0 Å². The molecule has 0 saturated carbocycles. The lowest BCUT2D eigenvalue weighted by Crippen LogP contribution is -2.25. The summed E-state index contributed by atoms with van der Waals surface area (Å²) in [7, 11) is 0. The summed E-state index contributed by atoms with van der Waals surface area (Å²) in [5.41, 5.74) is 0.947.